The number of phenols is 2. The van der Waals surface area contributed by atoms with Crippen LogP contribution in [0.4, 0.5) is 0 Å². The first kappa shape index (κ1) is 23.9. The Balaban J connectivity index is 0.000000504. The van der Waals surface area contributed by atoms with Crippen LogP contribution in [0.3, 0.4) is 0 Å². The second-order valence-electron chi connectivity index (χ2n) is 5.08. The van der Waals surface area contributed by atoms with Crippen molar-refractivity contribution in [3.05, 3.63) is 58.7 Å². The first-order chi connectivity index (χ1) is 12.1. The van der Waals surface area contributed by atoms with E-state index in [-0.39, 0.29) is 45.3 Å². The molecule has 2 aromatic carbocycles. The Morgan fingerprint density at radius 1 is 0.741 bits per heavy atom. The van der Waals surface area contributed by atoms with Crippen molar-refractivity contribution in [1.29, 1.82) is 0 Å². The van der Waals surface area contributed by atoms with Crippen LogP contribution in [-0.2, 0) is 23.5 Å². The number of rotatable bonds is 5. The maximum Gasteiger partial charge on any atom is 0.335 e. The van der Waals surface area contributed by atoms with Crippen LogP contribution in [0.1, 0.15) is 36.6 Å². The molecule has 0 amide bonds. The van der Waals surface area contributed by atoms with Crippen LogP contribution in [-0.4, -0.2) is 50.0 Å². The number of aromatic hydroxyl groups is 2. The molecule has 27 heavy (non-hydrogen) atoms. The number of benzene rings is 2. The minimum atomic E-state index is -1.37. The molecule has 146 valence electrons. The summed E-state index contributed by atoms with van der Waals surface area (Å²) in [6.45, 7) is 0.546. The van der Waals surface area contributed by atoms with Crippen molar-refractivity contribution in [1.82, 2.24) is 0 Å². The van der Waals surface area contributed by atoms with Gasteiger partial charge in [-0.15, -0.1) is 0 Å². The van der Waals surface area contributed by atoms with Crippen LogP contribution in [0.25, 0.3) is 0 Å². The number of nitrogens with two attached hydrogens (primary N) is 1. The standard InChI is InChI=1S/C9H6O6.C8H11NO2.Fe/c10-7(11)4-1-5(8(12)13)3-6(2-4)9(14)15;9-4-3-6-1-2-7(10)8(11)5-6;/h1-3H,(H,10,11)(H,12,13)(H,14,15);1-2,5,10-11H,3-4,9H2;. The third-order valence-corrected chi connectivity index (χ3v) is 3.15. The molecule has 9 nitrogen and oxygen atoms in total. The molecule has 2 aromatic rings. The molecule has 7 N–H and O–H groups in total. The number of carboxylic acid groups (broad SMARTS) is 3. The van der Waals surface area contributed by atoms with Crippen LogP contribution in [0.5, 0.6) is 11.5 Å². The fourth-order valence-electron chi connectivity index (χ4n) is 1.89. The Morgan fingerprint density at radius 2 is 1.15 bits per heavy atom. The van der Waals surface area contributed by atoms with Gasteiger partial charge in [-0.2, -0.15) is 0 Å². The summed E-state index contributed by atoms with van der Waals surface area (Å²) in [6.07, 6.45) is 0.716. The van der Waals surface area contributed by atoms with Crippen molar-refractivity contribution in [2.45, 2.75) is 6.42 Å². The summed E-state index contributed by atoms with van der Waals surface area (Å²) in [6, 6.07) is 7.41. The molecule has 0 saturated carbocycles. The van der Waals surface area contributed by atoms with E-state index in [2.05, 4.69) is 0 Å². The Morgan fingerprint density at radius 3 is 1.44 bits per heavy atom. The van der Waals surface area contributed by atoms with Gasteiger partial charge in [0.2, 0.25) is 0 Å². The molecule has 0 bridgehead atoms. The van der Waals surface area contributed by atoms with Crippen LogP contribution in [0.2, 0.25) is 0 Å². The van der Waals surface area contributed by atoms with E-state index in [9.17, 15) is 14.4 Å². The SMILES string of the molecule is NCCc1ccc(O)c(O)c1.O=C(O)c1cc(C(=O)O)cc(C(=O)O)c1.[Fe]. The normalized spacial score (nSPS) is 9.37. The first-order valence-corrected chi connectivity index (χ1v) is 7.21. The third-order valence-electron chi connectivity index (χ3n) is 3.15. The van der Waals surface area contributed by atoms with E-state index in [1.807, 2.05) is 0 Å². The number of carboxylic acids is 3. The Bertz CT molecular complexity index is 759. The van der Waals surface area contributed by atoms with Crippen molar-refractivity contribution in [2.75, 3.05) is 6.54 Å². The van der Waals surface area contributed by atoms with E-state index in [0.717, 1.165) is 23.8 Å². The van der Waals surface area contributed by atoms with E-state index in [1.54, 1.807) is 6.07 Å². The first-order valence-electron chi connectivity index (χ1n) is 7.21. The molecule has 0 spiro atoms. The molecule has 2 rings (SSSR count). The monoisotopic (exact) mass is 419 g/mol. The van der Waals surface area contributed by atoms with Crippen LogP contribution in [0.15, 0.2) is 36.4 Å². The molecule has 0 heterocycles. The molecular weight excluding hydrogens is 402 g/mol. The van der Waals surface area contributed by atoms with Crippen molar-refractivity contribution >= 4 is 17.9 Å². The maximum absolute atomic E-state index is 10.6. The van der Waals surface area contributed by atoms with Gasteiger partial charge in [0.1, 0.15) is 0 Å². The van der Waals surface area contributed by atoms with Gasteiger partial charge in [-0.05, 0) is 48.9 Å². The zero-order chi connectivity index (χ0) is 19.9. The number of carbonyl (C=O) groups is 3. The second-order valence-corrected chi connectivity index (χ2v) is 5.08. The van der Waals surface area contributed by atoms with E-state index >= 15 is 0 Å². The van der Waals surface area contributed by atoms with Crippen LogP contribution >= 0.6 is 0 Å². The average molecular weight is 419 g/mol. The number of phenolic OH excluding ortho intramolecular Hbond substituents is 2. The third kappa shape index (κ3) is 7.36. The molecule has 0 unspecified atom stereocenters. The summed E-state index contributed by atoms with van der Waals surface area (Å²) in [7, 11) is 0. The second kappa shape index (κ2) is 10.8. The number of hydrogen-bond acceptors (Lipinski definition) is 6. The quantitative estimate of drug-likeness (QED) is 0.308. The fraction of sp³-hybridized carbons (Fsp3) is 0.118. The molecule has 0 fully saturated rings. The van der Waals surface area contributed by atoms with Gasteiger partial charge in [-0.3, -0.25) is 0 Å². The molecule has 0 saturated heterocycles. The van der Waals surface area contributed by atoms with Gasteiger partial charge < -0.3 is 31.3 Å². The average Bonchev–Trinajstić information content (AvgIpc) is 2.58. The number of hydrogen-bond donors (Lipinski definition) is 6. The van der Waals surface area contributed by atoms with Crippen molar-refractivity contribution in [3.63, 3.8) is 0 Å². The zero-order valence-electron chi connectivity index (χ0n) is 13.8. The van der Waals surface area contributed by atoms with Gasteiger partial charge >= 0.3 is 17.9 Å². The van der Waals surface area contributed by atoms with Gasteiger partial charge in [-0.25, -0.2) is 14.4 Å². The van der Waals surface area contributed by atoms with E-state index in [1.165, 1.54) is 12.1 Å². The van der Waals surface area contributed by atoms with E-state index < -0.39 is 17.9 Å². The summed E-state index contributed by atoms with van der Waals surface area (Å²) in [5, 5.41) is 43.8. The minimum absolute atomic E-state index is 0. The summed E-state index contributed by atoms with van der Waals surface area (Å²) in [5.41, 5.74) is 5.13. The van der Waals surface area contributed by atoms with Gasteiger partial charge in [0.05, 0.1) is 16.7 Å². The Labute approximate surface area is 164 Å². The van der Waals surface area contributed by atoms with Crippen molar-refractivity contribution < 1.29 is 57.0 Å². The van der Waals surface area contributed by atoms with Crippen LogP contribution < -0.4 is 5.73 Å². The molecule has 0 atom stereocenters. The van der Waals surface area contributed by atoms with E-state index in [4.69, 9.17) is 31.3 Å². The van der Waals surface area contributed by atoms with Crippen molar-refractivity contribution in [2.24, 2.45) is 5.73 Å². The molecule has 0 radical (unpaired) electrons. The minimum Gasteiger partial charge on any atom is -0.504 e. The molecular formula is C17H17FeNO8. The Hall–Kier alpha value is -3.07. The number of aromatic carboxylic acids is 3. The van der Waals surface area contributed by atoms with Gasteiger partial charge in [-0.1, -0.05) is 6.07 Å². The molecule has 0 aliphatic rings. The summed E-state index contributed by atoms with van der Waals surface area (Å²) < 4.78 is 0. The van der Waals surface area contributed by atoms with Gasteiger partial charge in [0.25, 0.3) is 0 Å². The predicted octanol–water partition coefficient (Wildman–Crippen LogP) is 1.38. The Kier molecular flexibility index (Phi) is 9.59. The molecule has 10 heteroatoms. The van der Waals surface area contributed by atoms with Crippen LogP contribution in [0, 0.1) is 0 Å². The maximum atomic E-state index is 10.6. The summed E-state index contributed by atoms with van der Waals surface area (Å²) in [4.78, 5) is 31.7. The molecule has 0 aliphatic heterocycles. The van der Waals surface area contributed by atoms with Gasteiger partial charge in [0.15, 0.2) is 11.5 Å². The fourth-order valence-corrected chi connectivity index (χ4v) is 1.89. The van der Waals surface area contributed by atoms with Crippen molar-refractivity contribution in [3.8, 4) is 11.5 Å². The molecule has 0 aliphatic carbocycles. The predicted molar refractivity (Wildman–Crippen MR) is 89.8 cm³/mol. The smallest absolute Gasteiger partial charge is 0.335 e. The zero-order valence-corrected chi connectivity index (χ0v) is 14.9. The van der Waals surface area contributed by atoms with E-state index in [0.29, 0.717) is 13.0 Å². The molecule has 0 aromatic heterocycles. The summed E-state index contributed by atoms with van der Waals surface area (Å²) >= 11 is 0. The van der Waals surface area contributed by atoms with Gasteiger partial charge in [0, 0.05) is 17.1 Å². The summed E-state index contributed by atoms with van der Waals surface area (Å²) in [5.74, 6) is -4.30. The topological polar surface area (TPSA) is 178 Å². The largest absolute Gasteiger partial charge is 0.504 e.